The third kappa shape index (κ3) is 5.22. The quantitative estimate of drug-likeness (QED) is 0.239. The van der Waals surface area contributed by atoms with E-state index in [9.17, 15) is 4.79 Å². The first-order valence-electron chi connectivity index (χ1n) is 12.3. The number of benzene rings is 4. The molecule has 184 valence electrons. The maximum absolute atomic E-state index is 11.1. The smallest absolute Gasteiger partial charge is 0.303 e. The molecule has 5 aromatic rings. The predicted octanol–water partition coefficient (Wildman–Crippen LogP) is 7.17. The van der Waals surface area contributed by atoms with Gasteiger partial charge >= 0.3 is 5.97 Å². The highest BCUT2D eigenvalue weighted by Gasteiger charge is 2.22. The number of carbonyl (C=O) groups is 1. The number of imidazole rings is 1. The summed E-state index contributed by atoms with van der Waals surface area (Å²) in [6.07, 6.45) is 0.587. The van der Waals surface area contributed by atoms with E-state index in [2.05, 4.69) is 53.1 Å². The Labute approximate surface area is 216 Å². The van der Waals surface area contributed by atoms with Crippen LogP contribution in [0.15, 0.2) is 109 Å². The first-order chi connectivity index (χ1) is 18.2. The summed E-state index contributed by atoms with van der Waals surface area (Å²) in [4.78, 5) is 16.3. The van der Waals surface area contributed by atoms with Crippen LogP contribution in [0.25, 0.3) is 45.0 Å². The van der Waals surface area contributed by atoms with E-state index in [0.717, 1.165) is 50.6 Å². The summed E-state index contributed by atoms with van der Waals surface area (Å²) in [5, 5.41) is 9.13. The van der Waals surface area contributed by atoms with Crippen LogP contribution in [-0.2, 0) is 22.7 Å². The second-order valence-electron chi connectivity index (χ2n) is 8.85. The van der Waals surface area contributed by atoms with Crippen LogP contribution >= 0.6 is 0 Å². The Morgan fingerprint density at radius 2 is 1.41 bits per heavy atom. The van der Waals surface area contributed by atoms with Gasteiger partial charge in [-0.05, 0) is 23.1 Å². The van der Waals surface area contributed by atoms with Gasteiger partial charge in [-0.1, -0.05) is 109 Å². The summed E-state index contributed by atoms with van der Waals surface area (Å²) in [5.41, 5.74) is 8.00. The fraction of sp³-hybridized carbons (Fsp3) is 0.125. The molecular weight excluding hydrogens is 460 g/mol. The predicted molar refractivity (Wildman–Crippen MR) is 147 cm³/mol. The summed E-state index contributed by atoms with van der Waals surface area (Å²) < 4.78 is 7.82. The molecule has 0 saturated heterocycles. The van der Waals surface area contributed by atoms with E-state index in [1.165, 1.54) is 0 Å². The lowest BCUT2D eigenvalue weighted by Gasteiger charge is -2.15. The molecular formula is C32H28N2O3. The molecule has 5 heteroatoms. The third-order valence-corrected chi connectivity index (χ3v) is 6.35. The molecule has 1 N–H and O–H groups in total. The largest absolute Gasteiger partial charge is 0.481 e. The van der Waals surface area contributed by atoms with Crippen molar-refractivity contribution in [3.05, 3.63) is 115 Å². The minimum absolute atomic E-state index is 0.101. The van der Waals surface area contributed by atoms with Crippen LogP contribution in [-0.4, -0.2) is 27.7 Å². The Bertz CT molecular complexity index is 1510. The van der Waals surface area contributed by atoms with Crippen molar-refractivity contribution in [3.63, 3.8) is 0 Å². The first kappa shape index (κ1) is 24.2. The summed E-state index contributed by atoms with van der Waals surface area (Å²) in [6, 6.07) is 36.8. The van der Waals surface area contributed by atoms with Gasteiger partial charge in [-0.15, -0.1) is 0 Å². The van der Waals surface area contributed by atoms with Crippen LogP contribution in [0.3, 0.4) is 0 Å². The zero-order chi connectivity index (χ0) is 25.6. The molecule has 0 fully saturated rings. The summed E-state index contributed by atoms with van der Waals surface area (Å²) in [6.45, 7) is 0.340. The van der Waals surface area contributed by atoms with Crippen molar-refractivity contribution in [2.75, 3.05) is 7.11 Å². The topological polar surface area (TPSA) is 64.3 Å². The average Bonchev–Trinajstić information content (AvgIpc) is 3.32. The second-order valence-corrected chi connectivity index (χ2v) is 8.85. The SMILES string of the molecule is COCn1c(-c2ccccc2-c2cccc(CCC(=O)O)c2)nc(-c2ccccc2)c1-c1ccccc1. The molecule has 5 rings (SSSR count). The molecule has 0 spiro atoms. The molecule has 0 saturated carbocycles. The number of aliphatic carboxylic acids is 1. The molecule has 4 aromatic carbocycles. The van der Waals surface area contributed by atoms with Crippen molar-refractivity contribution >= 4 is 5.97 Å². The highest BCUT2D eigenvalue weighted by Crippen LogP contribution is 2.39. The number of rotatable bonds is 9. The molecule has 5 nitrogen and oxygen atoms in total. The monoisotopic (exact) mass is 488 g/mol. The zero-order valence-corrected chi connectivity index (χ0v) is 20.7. The number of aryl methyl sites for hydroxylation is 1. The van der Waals surface area contributed by atoms with E-state index in [-0.39, 0.29) is 6.42 Å². The van der Waals surface area contributed by atoms with Crippen LogP contribution in [0.5, 0.6) is 0 Å². The number of nitrogens with zero attached hydrogens (tertiary/aromatic N) is 2. The molecule has 1 heterocycles. The highest BCUT2D eigenvalue weighted by atomic mass is 16.5. The van der Waals surface area contributed by atoms with Crippen LogP contribution in [0.1, 0.15) is 12.0 Å². The molecule has 0 atom stereocenters. The van der Waals surface area contributed by atoms with Gasteiger partial charge in [-0.2, -0.15) is 0 Å². The van der Waals surface area contributed by atoms with Gasteiger partial charge in [0, 0.05) is 30.2 Å². The number of hydrogen-bond donors (Lipinski definition) is 1. The van der Waals surface area contributed by atoms with Gasteiger partial charge < -0.3 is 9.84 Å². The highest BCUT2D eigenvalue weighted by molar-refractivity contribution is 5.87. The standard InChI is InChI=1S/C32H28N2O3/c1-37-22-34-31(25-14-6-3-7-15-25)30(24-12-4-2-5-13-24)33-32(34)28-18-9-8-17-27(28)26-16-10-11-23(21-26)19-20-29(35)36/h2-18,21H,19-20,22H2,1H3,(H,35,36). The van der Waals surface area contributed by atoms with E-state index >= 15 is 0 Å². The van der Waals surface area contributed by atoms with E-state index in [4.69, 9.17) is 14.8 Å². The van der Waals surface area contributed by atoms with E-state index in [1.807, 2.05) is 60.7 Å². The lowest BCUT2D eigenvalue weighted by atomic mass is 9.96. The molecule has 0 aliphatic heterocycles. The summed E-state index contributed by atoms with van der Waals surface area (Å²) in [5.74, 6) is 0.0142. The lowest BCUT2D eigenvalue weighted by Crippen LogP contribution is -2.05. The molecule has 0 aliphatic carbocycles. The van der Waals surface area contributed by atoms with E-state index in [0.29, 0.717) is 13.2 Å². The van der Waals surface area contributed by atoms with Crippen molar-refractivity contribution in [2.45, 2.75) is 19.6 Å². The molecule has 0 unspecified atom stereocenters. The van der Waals surface area contributed by atoms with Crippen LogP contribution < -0.4 is 0 Å². The number of ether oxygens (including phenoxy) is 1. The van der Waals surface area contributed by atoms with E-state index < -0.39 is 5.97 Å². The molecule has 37 heavy (non-hydrogen) atoms. The summed E-state index contributed by atoms with van der Waals surface area (Å²) in [7, 11) is 1.69. The van der Waals surface area contributed by atoms with Gasteiger partial charge in [0.2, 0.25) is 0 Å². The van der Waals surface area contributed by atoms with Crippen LogP contribution in [0.4, 0.5) is 0 Å². The van der Waals surface area contributed by atoms with Crippen LogP contribution in [0, 0.1) is 0 Å². The van der Waals surface area contributed by atoms with E-state index in [1.54, 1.807) is 7.11 Å². The maximum atomic E-state index is 11.1. The molecule has 0 bridgehead atoms. The molecule has 1 aromatic heterocycles. The second kappa shape index (κ2) is 11.1. The first-order valence-corrected chi connectivity index (χ1v) is 12.3. The van der Waals surface area contributed by atoms with Gasteiger partial charge in [0.1, 0.15) is 12.6 Å². The minimum atomic E-state index is -0.797. The zero-order valence-electron chi connectivity index (χ0n) is 20.7. The fourth-order valence-corrected chi connectivity index (χ4v) is 4.67. The third-order valence-electron chi connectivity index (χ3n) is 6.35. The van der Waals surface area contributed by atoms with Crippen molar-refractivity contribution in [3.8, 4) is 45.0 Å². The summed E-state index contributed by atoms with van der Waals surface area (Å²) >= 11 is 0. The van der Waals surface area contributed by atoms with Gasteiger partial charge in [-0.3, -0.25) is 9.36 Å². The van der Waals surface area contributed by atoms with Crippen molar-refractivity contribution < 1.29 is 14.6 Å². The number of methoxy groups -OCH3 is 1. The number of carboxylic acid groups (broad SMARTS) is 1. The maximum Gasteiger partial charge on any atom is 0.303 e. The Balaban J connectivity index is 1.71. The molecule has 0 aliphatic rings. The van der Waals surface area contributed by atoms with Gasteiger partial charge in [0.05, 0.1) is 11.4 Å². The Hall–Kier alpha value is -4.48. The average molecular weight is 489 g/mol. The Morgan fingerprint density at radius 1 is 0.784 bits per heavy atom. The van der Waals surface area contributed by atoms with Gasteiger partial charge in [-0.25, -0.2) is 4.98 Å². The van der Waals surface area contributed by atoms with Crippen LogP contribution in [0.2, 0.25) is 0 Å². The molecule has 0 radical (unpaired) electrons. The molecule has 0 amide bonds. The Kier molecular flexibility index (Phi) is 7.24. The Morgan fingerprint density at radius 3 is 2.08 bits per heavy atom. The number of aromatic nitrogens is 2. The van der Waals surface area contributed by atoms with Crippen molar-refractivity contribution in [1.29, 1.82) is 0 Å². The number of hydrogen-bond acceptors (Lipinski definition) is 3. The fourth-order valence-electron chi connectivity index (χ4n) is 4.67. The van der Waals surface area contributed by atoms with Crippen molar-refractivity contribution in [2.24, 2.45) is 0 Å². The van der Waals surface area contributed by atoms with Crippen molar-refractivity contribution in [1.82, 2.24) is 9.55 Å². The van der Waals surface area contributed by atoms with Gasteiger partial charge in [0.15, 0.2) is 0 Å². The lowest BCUT2D eigenvalue weighted by molar-refractivity contribution is -0.136. The normalized spacial score (nSPS) is 10.9. The van der Waals surface area contributed by atoms with Gasteiger partial charge in [0.25, 0.3) is 0 Å². The minimum Gasteiger partial charge on any atom is -0.481 e. The number of carboxylic acids is 1.